The second-order valence-corrected chi connectivity index (χ2v) is 7.76. The van der Waals surface area contributed by atoms with Crippen molar-refractivity contribution in [2.24, 2.45) is 11.7 Å². The van der Waals surface area contributed by atoms with Gasteiger partial charge in [-0.3, -0.25) is 4.79 Å². The number of amides is 1. The minimum Gasteiger partial charge on any atom is -0.341 e. The zero-order valence-electron chi connectivity index (χ0n) is 15.2. The van der Waals surface area contributed by atoms with Gasteiger partial charge in [0, 0.05) is 23.7 Å². The van der Waals surface area contributed by atoms with Gasteiger partial charge in [-0.1, -0.05) is 30.6 Å². The van der Waals surface area contributed by atoms with Gasteiger partial charge in [-0.25, -0.2) is 0 Å². The maximum atomic E-state index is 12.6. The molecule has 0 spiro atoms. The predicted molar refractivity (Wildman–Crippen MR) is 101 cm³/mol. The summed E-state index contributed by atoms with van der Waals surface area (Å²) in [5, 5.41) is 4.74. The third kappa shape index (κ3) is 4.43. The summed E-state index contributed by atoms with van der Waals surface area (Å²) in [6, 6.07) is 6.87. The van der Waals surface area contributed by atoms with Crippen LogP contribution in [0.5, 0.6) is 0 Å². The molecular formula is C19H25ClN4O2. The molecule has 2 heterocycles. The van der Waals surface area contributed by atoms with E-state index in [2.05, 4.69) is 24.0 Å². The molecule has 6 nitrogen and oxygen atoms in total. The van der Waals surface area contributed by atoms with E-state index in [9.17, 15) is 4.79 Å². The van der Waals surface area contributed by atoms with Crippen LogP contribution in [0, 0.1) is 5.92 Å². The fourth-order valence-corrected chi connectivity index (χ4v) is 3.47. The van der Waals surface area contributed by atoms with E-state index >= 15 is 0 Å². The largest absolute Gasteiger partial charge is 0.341 e. The fraction of sp³-hybridized carbons (Fsp3) is 0.526. The molecule has 1 fully saturated rings. The highest BCUT2D eigenvalue weighted by Gasteiger charge is 2.31. The number of rotatable bonds is 5. The highest BCUT2D eigenvalue weighted by Crippen LogP contribution is 2.28. The molecule has 1 aromatic carbocycles. The number of carbonyl (C=O) groups excluding carboxylic acids is 1. The van der Waals surface area contributed by atoms with Crippen molar-refractivity contribution in [3.8, 4) is 11.4 Å². The van der Waals surface area contributed by atoms with Crippen LogP contribution in [-0.4, -0.2) is 40.1 Å². The van der Waals surface area contributed by atoms with Crippen molar-refractivity contribution in [1.29, 1.82) is 0 Å². The molecule has 140 valence electrons. The Balaban J connectivity index is 1.68. The molecular weight excluding hydrogens is 352 g/mol. The van der Waals surface area contributed by atoms with Crippen LogP contribution in [-0.2, 0) is 4.79 Å². The summed E-state index contributed by atoms with van der Waals surface area (Å²) in [6.07, 6.45) is 2.52. The van der Waals surface area contributed by atoms with Crippen molar-refractivity contribution in [2.45, 2.75) is 45.1 Å². The third-order valence-corrected chi connectivity index (χ3v) is 4.92. The summed E-state index contributed by atoms with van der Waals surface area (Å²) >= 11 is 5.92. The number of nitrogens with two attached hydrogens (primary N) is 1. The molecule has 0 saturated carbocycles. The average Bonchev–Trinajstić information content (AvgIpc) is 3.11. The molecule has 7 heteroatoms. The van der Waals surface area contributed by atoms with Crippen molar-refractivity contribution >= 4 is 17.5 Å². The lowest BCUT2D eigenvalue weighted by molar-refractivity contribution is -0.134. The van der Waals surface area contributed by atoms with E-state index in [-0.39, 0.29) is 11.8 Å². The molecule has 1 amide bonds. The Labute approximate surface area is 158 Å². The molecule has 1 aliphatic heterocycles. The first-order valence-corrected chi connectivity index (χ1v) is 9.45. The van der Waals surface area contributed by atoms with Crippen LogP contribution in [0.3, 0.4) is 0 Å². The van der Waals surface area contributed by atoms with Gasteiger partial charge in [0.25, 0.3) is 0 Å². The summed E-state index contributed by atoms with van der Waals surface area (Å²) in [5.74, 6) is 1.57. The second-order valence-electron chi connectivity index (χ2n) is 7.32. The molecule has 26 heavy (non-hydrogen) atoms. The van der Waals surface area contributed by atoms with Gasteiger partial charge < -0.3 is 15.2 Å². The van der Waals surface area contributed by atoms with Crippen LogP contribution in [0.25, 0.3) is 11.4 Å². The number of carbonyl (C=O) groups is 1. The highest BCUT2D eigenvalue weighted by atomic mass is 35.5. The lowest BCUT2D eigenvalue weighted by atomic mass is 9.96. The van der Waals surface area contributed by atoms with Gasteiger partial charge in [0.1, 0.15) is 0 Å². The molecule has 1 aliphatic rings. The molecule has 0 aliphatic carbocycles. The van der Waals surface area contributed by atoms with Crippen molar-refractivity contribution in [1.82, 2.24) is 15.0 Å². The minimum absolute atomic E-state index is 0.0147. The van der Waals surface area contributed by atoms with E-state index in [1.165, 1.54) is 0 Å². The summed E-state index contributed by atoms with van der Waals surface area (Å²) in [7, 11) is 0. The summed E-state index contributed by atoms with van der Waals surface area (Å²) in [4.78, 5) is 19.0. The highest BCUT2D eigenvalue weighted by molar-refractivity contribution is 6.30. The number of halogens is 1. The quantitative estimate of drug-likeness (QED) is 0.863. The molecule has 3 rings (SSSR count). The van der Waals surface area contributed by atoms with Crippen LogP contribution in [0.2, 0.25) is 5.02 Å². The number of aromatic nitrogens is 2. The Morgan fingerprint density at radius 3 is 2.81 bits per heavy atom. The van der Waals surface area contributed by atoms with Gasteiger partial charge >= 0.3 is 0 Å². The smallest absolute Gasteiger partial charge is 0.239 e. The first kappa shape index (κ1) is 18.9. The monoisotopic (exact) mass is 376 g/mol. The Kier molecular flexibility index (Phi) is 5.94. The van der Waals surface area contributed by atoms with E-state index in [0.29, 0.717) is 35.6 Å². The molecule has 1 saturated heterocycles. The second kappa shape index (κ2) is 8.18. The average molecular weight is 377 g/mol. The van der Waals surface area contributed by atoms with Crippen LogP contribution in [0.1, 0.15) is 44.9 Å². The first-order chi connectivity index (χ1) is 12.4. The van der Waals surface area contributed by atoms with Crippen molar-refractivity contribution in [3.63, 3.8) is 0 Å². The fourth-order valence-electron chi connectivity index (χ4n) is 3.34. The predicted octanol–water partition coefficient (Wildman–Crippen LogP) is 3.47. The van der Waals surface area contributed by atoms with E-state index in [1.807, 2.05) is 17.0 Å². The minimum atomic E-state index is -0.443. The molecule has 0 bridgehead atoms. The van der Waals surface area contributed by atoms with Gasteiger partial charge in [0.2, 0.25) is 17.6 Å². The summed E-state index contributed by atoms with van der Waals surface area (Å²) in [5.41, 5.74) is 6.93. The van der Waals surface area contributed by atoms with Gasteiger partial charge in [-0.15, -0.1) is 0 Å². The number of nitrogens with zero attached hydrogens (tertiary/aromatic N) is 3. The third-order valence-electron chi connectivity index (χ3n) is 4.67. The zero-order valence-corrected chi connectivity index (χ0v) is 15.9. The maximum Gasteiger partial charge on any atom is 0.239 e. The van der Waals surface area contributed by atoms with Crippen LogP contribution < -0.4 is 5.73 Å². The normalized spacial score (nSPS) is 19.0. The van der Waals surface area contributed by atoms with Gasteiger partial charge in [0.05, 0.1) is 12.0 Å². The molecule has 2 atom stereocenters. The van der Waals surface area contributed by atoms with Crippen LogP contribution in [0.4, 0.5) is 0 Å². The Morgan fingerprint density at radius 2 is 2.12 bits per heavy atom. The lowest BCUT2D eigenvalue weighted by Gasteiger charge is -2.33. The molecule has 2 N–H and O–H groups in total. The summed E-state index contributed by atoms with van der Waals surface area (Å²) in [6.45, 7) is 5.46. The van der Waals surface area contributed by atoms with Crippen molar-refractivity contribution < 1.29 is 9.32 Å². The van der Waals surface area contributed by atoms with E-state index in [1.54, 1.807) is 12.1 Å². The molecule has 2 aromatic rings. The lowest BCUT2D eigenvalue weighted by Crippen LogP contribution is -2.48. The number of benzene rings is 1. The Morgan fingerprint density at radius 1 is 1.38 bits per heavy atom. The van der Waals surface area contributed by atoms with Crippen molar-refractivity contribution in [3.05, 3.63) is 35.2 Å². The molecule has 0 radical (unpaired) electrons. The first-order valence-electron chi connectivity index (χ1n) is 9.08. The molecule has 1 unspecified atom stereocenters. The van der Waals surface area contributed by atoms with E-state index in [0.717, 1.165) is 24.9 Å². The van der Waals surface area contributed by atoms with E-state index in [4.69, 9.17) is 21.9 Å². The zero-order chi connectivity index (χ0) is 18.7. The van der Waals surface area contributed by atoms with Crippen molar-refractivity contribution in [2.75, 3.05) is 13.1 Å². The maximum absolute atomic E-state index is 12.6. The van der Waals surface area contributed by atoms with Gasteiger partial charge in [-0.05, 0) is 49.4 Å². The topological polar surface area (TPSA) is 85.3 Å². The van der Waals surface area contributed by atoms with E-state index < -0.39 is 6.04 Å². The van der Waals surface area contributed by atoms with Gasteiger partial charge in [-0.2, -0.15) is 4.98 Å². The van der Waals surface area contributed by atoms with Crippen LogP contribution in [0.15, 0.2) is 28.8 Å². The summed E-state index contributed by atoms with van der Waals surface area (Å²) < 4.78 is 5.48. The Bertz CT molecular complexity index is 744. The standard InChI is InChI=1S/C19H25ClN4O2/c1-12(2)10-16(21)19(25)24-9-3-4-14(11-24)18-22-17(23-26-18)13-5-7-15(20)8-6-13/h5-8,12,14,16H,3-4,9-11,21H2,1-2H3/t14?,16-/m0/s1. The number of hydrogen-bond donors (Lipinski definition) is 1. The number of piperidine rings is 1. The number of likely N-dealkylation sites (tertiary alicyclic amines) is 1. The van der Waals surface area contributed by atoms with Crippen LogP contribution >= 0.6 is 11.6 Å². The Hall–Kier alpha value is -1.92. The SMILES string of the molecule is CC(C)C[C@H](N)C(=O)N1CCCC(c2nc(-c3ccc(Cl)cc3)no2)C1. The number of hydrogen-bond acceptors (Lipinski definition) is 5. The molecule has 1 aromatic heterocycles. The van der Waals surface area contributed by atoms with Gasteiger partial charge in [0.15, 0.2) is 0 Å².